The molecule has 0 aromatic heterocycles. The lowest BCUT2D eigenvalue weighted by Crippen LogP contribution is -2.39. The van der Waals surface area contributed by atoms with E-state index in [2.05, 4.69) is 10.4 Å². The first-order valence-corrected chi connectivity index (χ1v) is 7.81. The van der Waals surface area contributed by atoms with Crippen molar-refractivity contribution in [1.29, 1.82) is 0 Å². The highest BCUT2D eigenvalue weighted by molar-refractivity contribution is 6.35. The number of aliphatic imine (C=N–C) groups is 1. The molecule has 0 radical (unpaired) electrons. The van der Waals surface area contributed by atoms with Gasteiger partial charge in [0.1, 0.15) is 23.4 Å². The van der Waals surface area contributed by atoms with Gasteiger partial charge in [-0.1, -0.05) is 29.3 Å². The number of hydrogen-bond acceptors (Lipinski definition) is 6. The molecule has 0 bridgehead atoms. The van der Waals surface area contributed by atoms with E-state index in [4.69, 9.17) is 29.0 Å². The van der Waals surface area contributed by atoms with Crippen LogP contribution >= 0.6 is 23.2 Å². The van der Waals surface area contributed by atoms with E-state index in [9.17, 15) is 18.0 Å². The van der Waals surface area contributed by atoms with Gasteiger partial charge < -0.3 is 0 Å². The fourth-order valence-electron chi connectivity index (χ4n) is 2.36. The fourth-order valence-corrected chi connectivity index (χ4v) is 2.83. The van der Waals surface area contributed by atoms with Gasteiger partial charge in [0.25, 0.3) is 5.91 Å². The summed E-state index contributed by atoms with van der Waals surface area (Å²) in [5.74, 6) is 4.39. The molecular weight excluding hydrogens is 396 g/mol. The van der Waals surface area contributed by atoms with E-state index in [0.717, 1.165) is 6.20 Å². The van der Waals surface area contributed by atoms with Crippen LogP contribution in [0.1, 0.15) is 5.56 Å². The van der Waals surface area contributed by atoms with Crippen molar-refractivity contribution in [2.75, 3.05) is 0 Å². The largest absolute Gasteiger partial charge is 0.489 e. The van der Waals surface area contributed by atoms with Crippen LogP contribution in [0.25, 0.3) is 0 Å². The third-order valence-electron chi connectivity index (χ3n) is 3.58. The van der Waals surface area contributed by atoms with Gasteiger partial charge in [-0.25, -0.2) is 15.7 Å². The van der Waals surface area contributed by atoms with E-state index in [1.165, 1.54) is 11.1 Å². The van der Waals surface area contributed by atoms with E-state index in [-0.39, 0.29) is 28.5 Å². The number of rotatable bonds is 3. The minimum absolute atomic E-state index is 0.0206. The Labute approximate surface area is 155 Å². The van der Waals surface area contributed by atoms with Crippen LogP contribution in [0, 0.1) is 0 Å². The molecular formula is C14H11Cl2F3N6O. The first-order chi connectivity index (χ1) is 12.2. The van der Waals surface area contributed by atoms with Crippen LogP contribution in [0.2, 0.25) is 10.0 Å². The summed E-state index contributed by atoms with van der Waals surface area (Å²) in [4.78, 5) is 15.6. The summed E-state index contributed by atoms with van der Waals surface area (Å²) in [7, 11) is 0. The number of nitrogens with two attached hydrogens (primary N) is 1. The molecule has 26 heavy (non-hydrogen) atoms. The SMILES string of the molecule is NNC(=O)C1=C2N=CN(C(F)(F)F)C=C2N(Cc2ccc(Cl)cc2Cl)N1. The van der Waals surface area contributed by atoms with Crippen LogP contribution in [0.4, 0.5) is 13.2 Å². The van der Waals surface area contributed by atoms with Crippen LogP contribution in [-0.4, -0.2) is 28.5 Å². The minimum atomic E-state index is -4.66. The zero-order chi connectivity index (χ0) is 19.1. The van der Waals surface area contributed by atoms with Crippen LogP contribution in [-0.2, 0) is 11.3 Å². The second kappa shape index (κ2) is 6.71. The van der Waals surface area contributed by atoms with Crippen molar-refractivity contribution in [3.63, 3.8) is 0 Å². The highest BCUT2D eigenvalue weighted by atomic mass is 35.5. The molecule has 0 saturated carbocycles. The van der Waals surface area contributed by atoms with Gasteiger partial charge in [0, 0.05) is 16.2 Å². The van der Waals surface area contributed by atoms with Gasteiger partial charge in [0.15, 0.2) is 0 Å². The van der Waals surface area contributed by atoms with Crippen molar-refractivity contribution in [3.8, 4) is 0 Å². The average Bonchev–Trinajstić information content (AvgIpc) is 2.94. The molecule has 2 aliphatic rings. The Hall–Kier alpha value is -2.43. The van der Waals surface area contributed by atoms with Crippen LogP contribution in [0.3, 0.4) is 0 Å². The normalized spacial score (nSPS) is 16.5. The highest BCUT2D eigenvalue weighted by Crippen LogP contribution is 2.34. The lowest BCUT2D eigenvalue weighted by Gasteiger charge is -2.27. The molecule has 1 amide bonds. The molecule has 0 saturated heterocycles. The highest BCUT2D eigenvalue weighted by Gasteiger charge is 2.40. The molecule has 12 heteroatoms. The molecule has 0 atom stereocenters. The Bertz CT molecular complexity index is 852. The molecule has 3 rings (SSSR count). The van der Waals surface area contributed by atoms with E-state index in [1.807, 2.05) is 5.43 Å². The Morgan fingerprint density at radius 2 is 2.08 bits per heavy atom. The number of alkyl halides is 3. The number of benzene rings is 1. The van der Waals surface area contributed by atoms with E-state index >= 15 is 0 Å². The number of halogens is 5. The van der Waals surface area contributed by atoms with Gasteiger partial charge in [-0.2, -0.15) is 0 Å². The molecule has 7 nitrogen and oxygen atoms in total. The molecule has 4 N–H and O–H groups in total. The number of carbonyl (C=O) groups excluding carboxylic acids is 1. The number of hydrogen-bond donors (Lipinski definition) is 3. The maximum Gasteiger partial charge on any atom is 0.489 e. The fraction of sp³-hybridized carbons (Fsp3) is 0.143. The van der Waals surface area contributed by atoms with Crippen molar-refractivity contribution in [2.24, 2.45) is 10.8 Å². The summed E-state index contributed by atoms with van der Waals surface area (Å²) in [6.45, 7) is 0.0495. The number of hydrazine groups is 2. The number of amides is 1. The second-order valence-corrected chi connectivity index (χ2v) is 6.11. The molecule has 2 heterocycles. The van der Waals surface area contributed by atoms with Gasteiger partial charge in [-0.15, -0.1) is 13.2 Å². The Kier molecular flexibility index (Phi) is 4.74. The maximum absolute atomic E-state index is 13.0. The molecule has 0 unspecified atom stereocenters. The van der Waals surface area contributed by atoms with Gasteiger partial charge in [-0.3, -0.25) is 20.7 Å². The van der Waals surface area contributed by atoms with Crippen molar-refractivity contribution >= 4 is 35.4 Å². The predicted molar refractivity (Wildman–Crippen MR) is 89.0 cm³/mol. The van der Waals surface area contributed by atoms with Crippen molar-refractivity contribution in [1.82, 2.24) is 20.8 Å². The van der Waals surface area contributed by atoms with E-state index < -0.39 is 12.2 Å². The molecule has 0 fully saturated rings. The summed E-state index contributed by atoms with van der Waals surface area (Å²) in [5, 5.41) is 2.05. The molecule has 0 aliphatic carbocycles. The molecule has 1 aromatic carbocycles. The third-order valence-corrected chi connectivity index (χ3v) is 4.17. The number of nitrogens with one attached hydrogen (secondary N) is 2. The van der Waals surface area contributed by atoms with Gasteiger partial charge >= 0.3 is 6.30 Å². The first-order valence-electron chi connectivity index (χ1n) is 7.05. The lowest BCUT2D eigenvalue weighted by molar-refractivity contribution is -0.200. The Morgan fingerprint density at radius 3 is 2.69 bits per heavy atom. The number of nitrogens with zero attached hydrogens (tertiary/aromatic N) is 3. The lowest BCUT2D eigenvalue weighted by atomic mass is 10.2. The molecule has 1 aromatic rings. The van der Waals surface area contributed by atoms with Gasteiger partial charge in [-0.05, 0) is 17.7 Å². The quantitative estimate of drug-likeness (QED) is 0.310. The number of carbonyl (C=O) groups is 1. The predicted octanol–water partition coefficient (Wildman–Crippen LogP) is 2.22. The van der Waals surface area contributed by atoms with E-state index in [1.54, 1.807) is 12.1 Å². The average molecular weight is 407 g/mol. The van der Waals surface area contributed by atoms with Crippen molar-refractivity contribution in [2.45, 2.75) is 12.8 Å². The van der Waals surface area contributed by atoms with Gasteiger partial charge in [0.05, 0.1) is 6.54 Å². The van der Waals surface area contributed by atoms with Crippen LogP contribution in [0.5, 0.6) is 0 Å². The molecule has 138 valence electrons. The first kappa shape index (κ1) is 18.4. The van der Waals surface area contributed by atoms with Crippen molar-refractivity contribution in [3.05, 3.63) is 57.1 Å². The van der Waals surface area contributed by atoms with E-state index in [0.29, 0.717) is 21.9 Å². The smallest absolute Gasteiger partial charge is 0.291 e. The molecule has 2 aliphatic heterocycles. The zero-order valence-corrected chi connectivity index (χ0v) is 14.3. The minimum Gasteiger partial charge on any atom is -0.291 e. The summed E-state index contributed by atoms with van der Waals surface area (Å²) < 4.78 is 38.9. The van der Waals surface area contributed by atoms with Crippen LogP contribution in [0.15, 0.2) is 46.5 Å². The van der Waals surface area contributed by atoms with Gasteiger partial charge in [0.2, 0.25) is 0 Å². The summed E-state index contributed by atoms with van der Waals surface area (Å²) in [6, 6.07) is 4.73. The standard InChI is InChI=1S/C14H11Cl2F3N6O/c15-8-2-1-7(9(16)3-8)4-25-10-5-24(14(17,18)19)6-21-11(10)12(23-25)13(26)22-20/h1-3,5-6,23H,4,20H2,(H,22,26). The van der Waals surface area contributed by atoms with Crippen LogP contribution < -0.4 is 16.7 Å². The molecule has 0 spiro atoms. The zero-order valence-electron chi connectivity index (χ0n) is 12.8. The second-order valence-electron chi connectivity index (χ2n) is 5.26. The summed E-state index contributed by atoms with van der Waals surface area (Å²) in [6.07, 6.45) is -3.27. The topological polar surface area (TPSA) is 86.0 Å². The Balaban J connectivity index is 1.97. The Morgan fingerprint density at radius 1 is 1.35 bits per heavy atom. The summed E-state index contributed by atoms with van der Waals surface area (Å²) in [5.41, 5.74) is 5.17. The third kappa shape index (κ3) is 3.43. The maximum atomic E-state index is 13.0. The monoisotopic (exact) mass is 406 g/mol. The number of fused-ring (bicyclic) bond motifs is 1. The van der Waals surface area contributed by atoms with Crippen molar-refractivity contribution < 1.29 is 18.0 Å². The summed E-state index contributed by atoms with van der Waals surface area (Å²) >= 11 is 12.0.